The van der Waals surface area contributed by atoms with E-state index in [1.165, 1.54) is 0 Å². The summed E-state index contributed by atoms with van der Waals surface area (Å²) in [6, 6.07) is 10.6. The van der Waals surface area contributed by atoms with Gasteiger partial charge in [0.15, 0.2) is 0 Å². The SMILES string of the molecule is O=C(Cc1ccc(S(=O)(=O)N2CCCCC2)cc1)NCc1cccs1. The van der Waals surface area contributed by atoms with Crippen LogP contribution in [0.3, 0.4) is 0 Å². The van der Waals surface area contributed by atoms with Gasteiger partial charge in [0.25, 0.3) is 0 Å². The number of thiophene rings is 1. The molecule has 1 aromatic carbocycles. The molecule has 3 rings (SSSR count). The number of hydrogen-bond acceptors (Lipinski definition) is 4. The van der Waals surface area contributed by atoms with Gasteiger partial charge in [-0.25, -0.2) is 8.42 Å². The summed E-state index contributed by atoms with van der Waals surface area (Å²) in [6.45, 7) is 1.71. The average Bonchev–Trinajstić information content (AvgIpc) is 3.15. The van der Waals surface area contributed by atoms with Crippen LogP contribution in [0.5, 0.6) is 0 Å². The summed E-state index contributed by atoms with van der Waals surface area (Å²) in [7, 11) is -3.41. The number of hydrogen-bond donors (Lipinski definition) is 1. The Bertz CT molecular complexity index is 793. The zero-order valence-electron chi connectivity index (χ0n) is 14.0. The summed E-state index contributed by atoms with van der Waals surface area (Å²) < 4.78 is 26.8. The molecule has 0 unspecified atom stereocenters. The summed E-state index contributed by atoms with van der Waals surface area (Å²) in [4.78, 5) is 13.4. The minimum atomic E-state index is -3.41. The van der Waals surface area contributed by atoms with E-state index in [0.29, 0.717) is 24.5 Å². The lowest BCUT2D eigenvalue weighted by Crippen LogP contribution is -2.35. The third kappa shape index (κ3) is 4.68. The molecule has 25 heavy (non-hydrogen) atoms. The molecule has 0 atom stereocenters. The molecule has 1 aromatic heterocycles. The van der Waals surface area contributed by atoms with Gasteiger partial charge >= 0.3 is 0 Å². The lowest BCUT2D eigenvalue weighted by Gasteiger charge is -2.25. The van der Waals surface area contributed by atoms with Gasteiger partial charge in [-0.15, -0.1) is 11.3 Å². The van der Waals surface area contributed by atoms with E-state index < -0.39 is 10.0 Å². The number of nitrogens with one attached hydrogen (secondary N) is 1. The maximum Gasteiger partial charge on any atom is 0.243 e. The van der Waals surface area contributed by atoms with E-state index in [1.807, 2.05) is 17.5 Å². The van der Waals surface area contributed by atoms with Crippen LogP contribution in [-0.2, 0) is 27.8 Å². The molecule has 1 saturated heterocycles. The molecule has 0 aliphatic carbocycles. The Hall–Kier alpha value is -1.70. The highest BCUT2D eigenvalue weighted by molar-refractivity contribution is 7.89. The summed E-state index contributed by atoms with van der Waals surface area (Å²) in [5.41, 5.74) is 0.807. The van der Waals surface area contributed by atoms with Gasteiger partial charge in [0.2, 0.25) is 15.9 Å². The number of carbonyl (C=O) groups is 1. The Morgan fingerprint density at radius 3 is 2.44 bits per heavy atom. The minimum Gasteiger partial charge on any atom is -0.351 e. The fraction of sp³-hybridized carbons (Fsp3) is 0.389. The Morgan fingerprint density at radius 1 is 1.08 bits per heavy atom. The first kappa shape index (κ1) is 18.1. The molecule has 1 aliphatic rings. The normalized spacial score (nSPS) is 15.8. The van der Waals surface area contributed by atoms with Crippen molar-refractivity contribution in [2.75, 3.05) is 13.1 Å². The lowest BCUT2D eigenvalue weighted by molar-refractivity contribution is -0.120. The lowest BCUT2D eigenvalue weighted by atomic mass is 10.1. The van der Waals surface area contributed by atoms with Crippen LogP contribution in [0.2, 0.25) is 0 Å². The molecule has 5 nitrogen and oxygen atoms in total. The third-order valence-electron chi connectivity index (χ3n) is 4.28. The topological polar surface area (TPSA) is 66.5 Å². The third-order valence-corrected chi connectivity index (χ3v) is 7.07. The van der Waals surface area contributed by atoms with Gasteiger partial charge in [-0.3, -0.25) is 4.79 Å². The fourth-order valence-corrected chi connectivity index (χ4v) is 5.04. The smallest absolute Gasteiger partial charge is 0.243 e. The van der Waals surface area contributed by atoms with Crippen molar-refractivity contribution >= 4 is 27.3 Å². The predicted octanol–water partition coefficient (Wildman–Crippen LogP) is 2.78. The van der Waals surface area contributed by atoms with Crippen LogP contribution in [0.4, 0.5) is 0 Å². The molecule has 0 spiro atoms. The highest BCUT2D eigenvalue weighted by Gasteiger charge is 2.25. The van der Waals surface area contributed by atoms with E-state index in [0.717, 1.165) is 29.7 Å². The molecule has 1 N–H and O–H groups in total. The molecule has 1 fully saturated rings. The van der Waals surface area contributed by atoms with Crippen molar-refractivity contribution in [2.24, 2.45) is 0 Å². The maximum absolute atomic E-state index is 12.6. The standard InChI is InChI=1S/C18H22N2O3S2/c21-18(19-14-16-5-4-12-24-16)13-15-6-8-17(9-7-15)25(22,23)20-10-2-1-3-11-20/h4-9,12H,1-3,10-11,13-14H2,(H,19,21). The van der Waals surface area contributed by atoms with Gasteiger partial charge in [0, 0.05) is 18.0 Å². The second-order valence-corrected chi connectivity index (χ2v) is 9.11. The Balaban J connectivity index is 1.58. The quantitative estimate of drug-likeness (QED) is 0.840. The predicted molar refractivity (Wildman–Crippen MR) is 98.9 cm³/mol. The number of benzene rings is 1. The number of sulfonamides is 1. The van der Waals surface area contributed by atoms with Gasteiger partial charge < -0.3 is 5.32 Å². The van der Waals surface area contributed by atoms with E-state index in [2.05, 4.69) is 5.32 Å². The molecule has 7 heteroatoms. The van der Waals surface area contributed by atoms with Crippen molar-refractivity contribution in [2.45, 2.75) is 37.1 Å². The Labute approximate surface area is 152 Å². The van der Waals surface area contributed by atoms with Crippen molar-refractivity contribution < 1.29 is 13.2 Å². The van der Waals surface area contributed by atoms with Gasteiger partial charge in [0.1, 0.15) is 0 Å². The van der Waals surface area contributed by atoms with E-state index >= 15 is 0 Å². The van der Waals surface area contributed by atoms with E-state index in [-0.39, 0.29) is 12.3 Å². The number of piperidine rings is 1. The molecular formula is C18H22N2O3S2. The van der Waals surface area contributed by atoms with Crippen molar-refractivity contribution in [1.82, 2.24) is 9.62 Å². The fourth-order valence-electron chi connectivity index (χ4n) is 2.88. The first-order valence-electron chi connectivity index (χ1n) is 8.44. The minimum absolute atomic E-state index is 0.0694. The molecule has 1 amide bonds. The number of carbonyl (C=O) groups excluding carboxylic acids is 1. The number of rotatable bonds is 6. The summed E-state index contributed by atoms with van der Waals surface area (Å²) in [6.07, 6.45) is 3.17. The van der Waals surface area contributed by atoms with E-state index in [1.54, 1.807) is 39.9 Å². The molecule has 2 heterocycles. The summed E-state index contributed by atoms with van der Waals surface area (Å²) in [5, 5.41) is 4.85. The molecule has 1 aliphatic heterocycles. The van der Waals surface area contributed by atoms with Gasteiger partial charge in [-0.05, 0) is 42.0 Å². The van der Waals surface area contributed by atoms with Crippen molar-refractivity contribution in [1.29, 1.82) is 0 Å². The summed E-state index contributed by atoms with van der Waals surface area (Å²) in [5.74, 6) is -0.0694. The largest absolute Gasteiger partial charge is 0.351 e. The van der Waals surface area contributed by atoms with Gasteiger partial charge in [-0.2, -0.15) is 4.31 Å². The van der Waals surface area contributed by atoms with Crippen LogP contribution in [0.1, 0.15) is 29.7 Å². The maximum atomic E-state index is 12.6. The molecule has 0 saturated carbocycles. The molecular weight excluding hydrogens is 356 g/mol. The molecule has 134 valence electrons. The molecule has 0 bridgehead atoms. The van der Waals surface area contributed by atoms with Gasteiger partial charge in [0.05, 0.1) is 17.9 Å². The van der Waals surface area contributed by atoms with E-state index in [9.17, 15) is 13.2 Å². The van der Waals surface area contributed by atoms with E-state index in [4.69, 9.17) is 0 Å². The Kier molecular flexibility index (Phi) is 5.88. The van der Waals surface area contributed by atoms with Crippen LogP contribution >= 0.6 is 11.3 Å². The molecule has 0 radical (unpaired) electrons. The van der Waals surface area contributed by atoms with Crippen LogP contribution in [0, 0.1) is 0 Å². The zero-order chi connectivity index (χ0) is 17.7. The van der Waals surface area contributed by atoms with Crippen LogP contribution in [0.25, 0.3) is 0 Å². The zero-order valence-corrected chi connectivity index (χ0v) is 15.6. The van der Waals surface area contributed by atoms with Gasteiger partial charge in [-0.1, -0.05) is 24.6 Å². The molecule has 2 aromatic rings. The highest BCUT2D eigenvalue weighted by Crippen LogP contribution is 2.21. The van der Waals surface area contributed by atoms with Crippen LogP contribution < -0.4 is 5.32 Å². The first-order chi connectivity index (χ1) is 12.1. The highest BCUT2D eigenvalue weighted by atomic mass is 32.2. The number of nitrogens with zero attached hydrogens (tertiary/aromatic N) is 1. The second kappa shape index (κ2) is 8.12. The average molecular weight is 379 g/mol. The Morgan fingerprint density at radius 2 is 1.80 bits per heavy atom. The monoisotopic (exact) mass is 378 g/mol. The van der Waals surface area contributed by atoms with Crippen molar-refractivity contribution in [3.8, 4) is 0 Å². The van der Waals surface area contributed by atoms with Crippen LogP contribution in [-0.4, -0.2) is 31.7 Å². The second-order valence-electron chi connectivity index (χ2n) is 6.14. The number of amides is 1. The van der Waals surface area contributed by atoms with Crippen molar-refractivity contribution in [3.63, 3.8) is 0 Å². The van der Waals surface area contributed by atoms with Crippen LogP contribution in [0.15, 0.2) is 46.7 Å². The summed E-state index contributed by atoms with van der Waals surface area (Å²) >= 11 is 1.60. The first-order valence-corrected chi connectivity index (χ1v) is 10.8. The van der Waals surface area contributed by atoms with Crippen molar-refractivity contribution in [3.05, 3.63) is 52.2 Å².